The molecule has 11 heteroatoms. The van der Waals surface area contributed by atoms with E-state index >= 15 is 0 Å². The Balaban J connectivity index is 1.34. The average Bonchev–Trinajstić information content (AvgIpc) is 3.35. The van der Waals surface area contributed by atoms with Gasteiger partial charge in [0, 0.05) is 58.1 Å². The third kappa shape index (κ3) is 6.64. The molecular weight excluding hydrogens is 511 g/mol. The van der Waals surface area contributed by atoms with Crippen LogP contribution in [0.15, 0.2) is 58.7 Å². The maximum absolute atomic E-state index is 13.4. The number of likely N-dealkylation sites (tertiary alicyclic amines) is 1. The lowest BCUT2D eigenvalue weighted by Crippen LogP contribution is -2.48. The zero-order chi connectivity index (χ0) is 26.6. The van der Waals surface area contributed by atoms with E-state index in [1.54, 1.807) is 35.8 Å². The van der Waals surface area contributed by atoms with Gasteiger partial charge in [0.15, 0.2) is 0 Å². The summed E-state index contributed by atoms with van der Waals surface area (Å²) in [7, 11) is -3.59. The smallest absolute Gasteiger partial charge is 0.249 e. The number of thioether (sulfide) groups is 1. The summed E-state index contributed by atoms with van der Waals surface area (Å²) < 4.78 is 44.2. The van der Waals surface area contributed by atoms with Crippen LogP contribution in [-0.2, 0) is 16.6 Å². The number of hydrogen-bond donors (Lipinski definition) is 1. The molecule has 0 radical (unpaired) electrons. The molecular formula is C26H37FN6O2S2. The lowest BCUT2D eigenvalue weighted by atomic mass is 10.1. The van der Waals surface area contributed by atoms with Gasteiger partial charge in [0.25, 0.3) is 0 Å². The fraction of sp³-hybridized carbons (Fsp3) is 0.500. The van der Waals surface area contributed by atoms with Gasteiger partial charge in [-0.3, -0.25) is 4.90 Å². The zero-order valence-electron chi connectivity index (χ0n) is 21.6. The molecule has 8 nitrogen and oxygen atoms in total. The summed E-state index contributed by atoms with van der Waals surface area (Å²) in [5.41, 5.74) is 8.04. The van der Waals surface area contributed by atoms with Crippen LogP contribution < -0.4 is 5.73 Å². The molecule has 3 heterocycles. The predicted octanol–water partition coefficient (Wildman–Crippen LogP) is 3.57. The Kier molecular flexibility index (Phi) is 9.12. The van der Waals surface area contributed by atoms with Crippen molar-refractivity contribution in [3.05, 3.63) is 75.8 Å². The van der Waals surface area contributed by atoms with Crippen molar-refractivity contribution in [3.8, 4) is 0 Å². The number of hydrogen-bond acceptors (Lipinski definition) is 7. The van der Waals surface area contributed by atoms with E-state index in [9.17, 15) is 12.8 Å². The molecule has 0 amide bonds. The first-order valence-corrected chi connectivity index (χ1v) is 15.0. The van der Waals surface area contributed by atoms with Gasteiger partial charge in [-0.15, -0.1) is 0 Å². The molecule has 4 rings (SSSR count). The fourth-order valence-corrected chi connectivity index (χ4v) is 7.66. The van der Waals surface area contributed by atoms with E-state index in [0.29, 0.717) is 37.0 Å². The van der Waals surface area contributed by atoms with E-state index in [1.807, 2.05) is 6.20 Å². The van der Waals surface area contributed by atoms with Crippen molar-refractivity contribution in [1.82, 2.24) is 23.7 Å². The standard InChI is InChI=1S/C26H37FN6O2S2/c1-4-26(36-21(3)31-11-9-24(28)10-12-31)37(34,35)32-15-13-30(14-16-32)18-25-17-29-19-33(25)20(2)22-5-7-23(27)8-6-22/h4-8,17,19-20,24H,3,9-16,18,28H2,1-2H3/b26-4+/t20-/m1/s1. The summed E-state index contributed by atoms with van der Waals surface area (Å²) >= 11 is 1.23. The number of allylic oxidation sites excluding steroid dienone is 1. The summed E-state index contributed by atoms with van der Waals surface area (Å²) in [4.78, 5) is 8.71. The van der Waals surface area contributed by atoms with Crippen molar-refractivity contribution in [1.29, 1.82) is 0 Å². The highest BCUT2D eigenvalue weighted by atomic mass is 32.3. The second kappa shape index (κ2) is 12.1. The van der Waals surface area contributed by atoms with Crippen molar-refractivity contribution in [2.24, 2.45) is 5.73 Å². The molecule has 37 heavy (non-hydrogen) atoms. The number of nitrogens with two attached hydrogens (primary N) is 1. The minimum absolute atomic E-state index is 0.0118. The minimum Gasteiger partial charge on any atom is -0.366 e. The highest BCUT2D eigenvalue weighted by molar-refractivity contribution is 8.20. The molecule has 2 fully saturated rings. The van der Waals surface area contributed by atoms with Crippen LogP contribution in [0.2, 0.25) is 0 Å². The maximum atomic E-state index is 13.4. The second-order valence-electron chi connectivity index (χ2n) is 9.63. The zero-order valence-corrected chi connectivity index (χ0v) is 23.2. The van der Waals surface area contributed by atoms with Crippen LogP contribution in [-0.4, -0.2) is 77.4 Å². The van der Waals surface area contributed by atoms with Crippen LogP contribution in [0.4, 0.5) is 4.39 Å². The van der Waals surface area contributed by atoms with Crippen LogP contribution in [0.25, 0.3) is 0 Å². The number of rotatable bonds is 9. The third-order valence-corrected chi connectivity index (χ3v) is 10.8. The Bertz CT molecular complexity index is 1200. The number of sulfonamides is 1. The van der Waals surface area contributed by atoms with Crippen molar-refractivity contribution >= 4 is 21.8 Å². The molecule has 1 aromatic heterocycles. The second-order valence-corrected chi connectivity index (χ2v) is 12.9. The Morgan fingerprint density at radius 2 is 1.84 bits per heavy atom. The summed E-state index contributed by atoms with van der Waals surface area (Å²) in [6.45, 7) is 12.3. The summed E-state index contributed by atoms with van der Waals surface area (Å²) in [5.74, 6) is -0.255. The Hall–Kier alpha value is -2.18. The molecule has 0 saturated carbocycles. The van der Waals surface area contributed by atoms with Gasteiger partial charge in [-0.1, -0.05) is 36.5 Å². The largest absolute Gasteiger partial charge is 0.366 e. The first kappa shape index (κ1) is 27.8. The topological polar surface area (TPSA) is 87.7 Å². The molecule has 2 N–H and O–H groups in total. The van der Waals surface area contributed by atoms with Gasteiger partial charge in [0.05, 0.1) is 23.1 Å². The van der Waals surface area contributed by atoms with E-state index in [0.717, 1.165) is 42.2 Å². The van der Waals surface area contributed by atoms with Crippen LogP contribution in [0, 0.1) is 5.82 Å². The van der Waals surface area contributed by atoms with Crippen molar-refractivity contribution in [2.45, 2.75) is 45.3 Å². The molecule has 0 unspecified atom stereocenters. The maximum Gasteiger partial charge on any atom is 0.249 e. The number of nitrogens with zero attached hydrogens (tertiary/aromatic N) is 5. The van der Waals surface area contributed by atoms with Gasteiger partial charge in [-0.25, -0.2) is 17.8 Å². The van der Waals surface area contributed by atoms with Crippen molar-refractivity contribution in [3.63, 3.8) is 0 Å². The van der Waals surface area contributed by atoms with Gasteiger partial charge in [-0.05, 0) is 44.4 Å². The molecule has 1 atom stereocenters. The molecule has 2 aliphatic rings. The molecule has 2 aromatic rings. The summed E-state index contributed by atoms with van der Waals surface area (Å²) in [6.07, 6.45) is 7.09. The lowest BCUT2D eigenvalue weighted by molar-refractivity contribution is 0.178. The molecule has 2 aliphatic heterocycles. The Morgan fingerprint density at radius 1 is 1.19 bits per heavy atom. The van der Waals surface area contributed by atoms with E-state index < -0.39 is 10.0 Å². The lowest BCUT2D eigenvalue weighted by Gasteiger charge is -2.35. The first-order valence-electron chi connectivity index (χ1n) is 12.7. The number of piperazine rings is 1. The number of aromatic nitrogens is 2. The third-order valence-electron chi connectivity index (χ3n) is 7.17. The number of piperidine rings is 1. The molecule has 0 aliphatic carbocycles. The van der Waals surface area contributed by atoms with Crippen LogP contribution in [0.1, 0.15) is 44.0 Å². The van der Waals surface area contributed by atoms with Crippen molar-refractivity contribution in [2.75, 3.05) is 39.3 Å². The number of imidazole rings is 1. The van der Waals surface area contributed by atoms with E-state index in [2.05, 4.69) is 32.9 Å². The quantitative estimate of drug-likeness (QED) is 0.513. The highest BCUT2D eigenvalue weighted by Gasteiger charge is 2.32. The summed E-state index contributed by atoms with van der Waals surface area (Å²) in [6, 6.07) is 6.74. The van der Waals surface area contributed by atoms with Gasteiger partial charge >= 0.3 is 0 Å². The molecule has 1 aromatic carbocycles. The number of benzene rings is 1. The predicted molar refractivity (Wildman–Crippen MR) is 147 cm³/mol. The SMILES string of the molecule is C=C(S/C(=C\C)S(=O)(=O)N1CCN(Cc2cncn2[C@H](C)c2ccc(F)cc2)CC1)N1CCC(N)CC1. The van der Waals surface area contributed by atoms with Crippen LogP contribution >= 0.6 is 11.8 Å². The molecule has 2 saturated heterocycles. The molecule has 0 bridgehead atoms. The van der Waals surface area contributed by atoms with Gasteiger partial charge < -0.3 is 15.2 Å². The Labute approximate surface area is 224 Å². The van der Waals surface area contributed by atoms with E-state index in [4.69, 9.17) is 5.73 Å². The van der Waals surface area contributed by atoms with E-state index in [-0.39, 0.29) is 17.9 Å². The number of halogens is 1. The van der Waals surface area contributed by atoms with Crippen molar-refractivity contribution < 1.29 is 12.8 Å². The highest BCUT2D eigenvalue weighted by Crippen LogP contribution is 2.34. The van der Waals surface area contributed by atoms with Crippen LogP contribution in [0.5, 0.6) is 0 Å². The first-order chi connectivity index (χ1) is 17.7. The molecule has 202 valence electrons. The fourth-order valence-electron chi connectivity index (χ4n) is 4.78. The summed E-state index contributed by atoms with van der Waals surface area (Å²) in [5, 5.41) is 0.755. The van der Waals surface area contributed by atoms with E-state index in [1.165, 1.54) is 23.9 Å². The van der Waals surface area contributed by atoms with Crippen LogP contribution in [0.3, 0.4) is 0 Å². The van der Waals surface area contributed by atoms with Gasteiger partial charge in [-0.2, -0.15) is 4.31 Å². The average molecular weight is 549 g/mol. The monoisotopic (exact) mass is 548 g/mol. The Morgan fingerprint density at radius 3 is 2.46 bits per heavy atom. The van der Waals surface area contributed by atoms with Gasteiger partial charge in [0.2, 0.25) is 10.0 Å². The molecule has 0 spiro atoms. The normalized spacial score (nSPS) is 19.8. The van der Waals surface area contributed by atoms with Gasteiger partial charge in [0.1, 0.15) is 10.1 Å². The minimum atomic E-state index is -3.59.